The summed E-state index contributed by atoms with van der Waals surface area (Å²) in [6, 6.07) is 9.44. The van der Waals surface area contributed by atoms with Crippen molar-refractivity contribution in [2.75, 3.05) is 13.2 Å². The molecule has 0 amide bonds. The van der Waals surface area contributed by atoms with E-state index in [2.05, 4.69) is 0 Å². The maximum absolute atomic E-state index is 11.6. The molecule has 10 nitrogen and oxygen atoms in total. The molecule has 0 aliphatic carbocycles. The molecular formula is C23H33O10SSe+. The Morgan fingerprint density at radius 3 is 2.40 bits per heavy atom. The van der Waals surface area contributed by atoms with Crippen LogP contribution in [-0.2, 0) is 43.0 Å². The number of rotatable bonds is 6. The van der Waals surface area contributed by atoms with E-state index in [9.17, 15) is 13.0 Å². The van der Waals surface area contributed by atoms with Gasteiger partial charge in [-0.25, -0.2) is 0 Å². The van der Waals surface area contributed by atoms with Crippen LogP contribution in [-0.4, -0.2) is 82.2 Å². The molecule has 1 aromatic carbocycles. The molecule has 0 bridgehead atoms. The van der Waals surface area contributed by atoms with Crippen LogP contribution in [0.15, 0.2) is 30.3 Å². The van der Waals surface area contributed by atoms with Crippen LogP contribution in [0.2, 0.25) is 15.5 Å². The van der Waals surface area contributed by atoms with Gasteiger partial charge in [-0.05, 0) is 0 Å². The molecule has 0 aromatic heterocycles. The van der Waals surface area contributed by atoms with Crippen LogP contribution < -0.4 is 0 Å². The van der Waals surface area contributed by atoms with Gasteiger partial charge < -0.3 is 0 Å². The first-order chi connectivity index (χ1) is 16.4. The first-order valence-electron chi connectivity index (χ1n) is 11.7. The van der Waals surface area contributed by atoms with Crippen molar-refractivity contribution >= 4 is 24.3 Å². The third-order valence-corrected chi connectivity index (χ3v) is 13.0. The molecule has 35 heavy (non-hydrogen) atoms. The van der Waals surface area contributed by atoms with Crippen molar-refractivity contribution in [3.63, 3.8) is 0 Å². The van der Waals surface area contributed by atoms with E-state index in [1.807, 2.05) is 58.0 Å². The van der Waals surface area contributed by atoms with Gasteiger partial charge in [-0.1, -0.05) is 0 Å². The molecule has 0 spiro atoms. The molecule has 4 aliphatic rings. The van der Waals surface area contributed by atoms with Crippen LogP contribution in [0.4, 0.5) is 0 Å². The van der Waals surface area contributed by atoms with Gasteiger partial charge in [-0.2, -0.15) is 0 Å². The van der Waals surface area contributed by atoms with E-state index in [0.29, 0.717) is 11.9 Å². The first-order valence-corrected chi connectivity index (χ1v) is 16.5. The standard InChI is InChI=1S/C23H32O10SSe/c1-22(2)28-11-16(30-22)20-19-18(31-23(3,4)32-19)13-35(20)12-17-15(33-34(24,25)26)10-27-21(29-17)14-8-6-5-7-9-14/h5-9,15-21H,10-13H2,1-4H3/p+1/t15-,16+,17+,18-,19-,20+,21?,35?/m0/s1. The summed E-state index contributed by atoms with van der Waals surface area (Å²) >= 11 is -1.56. The van der Waals surface area contributed by atoms with Gasteiger partial charge in [0.15, 0.2) is 0 Å². The molecule has 0 saturated carbocycles. The number of ether oxygens (including phenoxy) is 6. The summed E-state index contributed by atoms with van der Waals surface area (Å²) < 4.78 is 74.2. The molecule has 0 radical (unpaired) electrons. The Morgan fingerprint density at radius 1 is 1.03 bits per heavy atom. The summed E-state index contributed by atoms with van der Waals surface area (Å²) in [5.74, 6) is -1.36. The van der Waals surface area contributed by atoms with E-state index in [1.54, 1.807) is 0 Å². The third kappa shape index (κ3) is 5.94. The molecule has 4 fully saturated rings. The predicted octanol–water partition coefficient (Wildman–Crippen LogP) is 2.84. The minimum absolute atomic E-state index is 0.0312. The summed E-state index contributed by atoms with van der Waals surface area (Å²) in [6.45, 7) is 8.04. The number of benzene rings is 1. The molecule has 4 heterocycles. The van der Waals surface area contributed by atoms with Gasteiger partial charge in [-0.3, -0.25) is 0 Å². The molecular weight excluding hydrogens is 547 g/mol. The van der Waals surface area contributed by atoms with Crippen LogP contribution in [0.5, 0.6) is 0 Å². The van der Waals surface area contributed by atoms with Crippen molar-refractivity contribution in [2.24, 2.45) is 0 Å². The van der Waals surface area contributed by atoms with Crippen LogP contribution in [0.25, 0.3) is 0 Å². The zero-order valence-corrected chi connectivity index (χ0v) is 22.7. The van der Waals surface area contributed by atoms with Crippen LogP contribution in [0, 0.1) is 0 Å². The zero-order chi connectivity index (χ0) is 25.0. The fraction of sp³-hybridized carbons (Fsp3) is 0.739. The zero-order valence-electron chi connectivity index (χ0n) is 20.2. The van der Waals surface area contributed by atoms with E-state index >= 15 is 0 Å². The topological polar surface area (TPSA) is 119 Å². The molecule has 1 aromatic rings. The Kier molecular flexibility index (Phi) is 7.13. The fourth-order valence-electron chi connectivity index (χ4n) is 5.23. The van der Waals surface area contributed by atoms with Gasteiger partial charge in [0.2, 0.25) is 0 Å². The van der Waals surface area contributed by atoms with E-state index < -0.39 is 54.4 Å². The fourth-order valence-corrected chi connectivity index (χ4v) is 12.3. The van der Waals surface area contributed by atoms with Crippen molar-refractivity contribution < 1.29 is 45.6 Å². The molecule has 2 unspecified atom stereocenters. The number of hydrogen-bond donors (Lipinski definition) is 1. The molecule has 8 atom stereocenters. The predicted molar refractivity (Wildman–Crippen MR) is 124 cm³/mol. The van der Waals surface area contributed by atoms with Gasteiger partial charge >= 0.3 is 211 Å². The molecule has 1 N–H and O–H groups in total. The average Bonchev–Trinajstić information content (AvgIpc) is 3.36. The normalized spacial score (nSPS) is 40.6. The first kappa shape index (κ1) is 26.0. The van der Waals surface area contributed by atoms with E-state index in [-0.39, 0.29) is 29.7 Å². The quantitative estimate of drug-likeness (QED) is 0.398. The van der Waals surface area contributed by atoms with Crippen molar-refractivity contribution in [1.82, 2.24) is 0 Å². The Balaban J connectivity index is 1.38. The van der Waals surface area contributed by atoms with Crippen LogP contribution in [0.1, 0.15) is 39.5 Å². The Labute approximate surface area is 210 Å². The number of fused-ring (bicyclic) bond motifs is 1. The van der Waals surface area contributed by atoms with Crippen LogP contribution in [0.3, 0.4) is 0 Å². The van der Waals surface area contributed by atoms with E-state index in [0.717, 1.165) is 10.9 Å². The van der Waals surface area contributed by atoms with Gasteiger partial charge in [0.1, 0.15) is 0 Å². The van der Waals surface area contributed by atoms with Gasteiger partial charge in [0.05, 0.1) is 0 Å². The molecule has 196 valence electrons. The molecule has 5 rings (SSSR count). The Bertz CT molecular complexity index is 1000. The SMILES string of the molecule is CC1(C)O[C@@H]2[C@@H]([C@H]3COC(C)(C)O3)[Se+](C[C@H]3OC(c4ccccc4)OC[C@@H]3OS(=O)(=O)O)C[C@@H]2O1. The van der Waals surface area contributed by atoms with Gasteiger partial charge in [-0.15, -0.1) is 0 Å². The van der Waals surface area contributed by atoms with Crippen molar-refractivity contribution in [3.05, 3.63) is 35.9 Å². The van der Waals surface area contributed by atoms with Crippen LogP contribution >= 0.6 is 0 Å². The second kappa shape index (κ2) is 9.59. The summed E-state index contributed by atoms with van der Waals surface area (Å²) in [5, 5.41) is 1.38. The monoisotopic (exact) mass is 581 g/mol. The molecule has 4 aliphatic heterocycles. The Hall–Kier alpha value is -0.631. The second-order valence-electron chi connectivity index (χ2n) is 10.2. The van der Waals surface area contributed by atoms with Crippen molar-refractivity contribution in [3.8, 4) is 0 Å². The molecule has 12 heteroatoms. The van der Waals surface area contributed by atoms with Gasteiger partial charge in [0, 0.05) is 0 Å². The van der Waals surface area contributed by atoms with E-state index in [1.165, 1.54) is 0 Å². The van der Waals surface area contributed by atoms with Gasteiger partial charge in [0.25, 0.3) is 0 Å². The summed E-state index contributed by atoms with van der Waals surface area (Å²) in [5.41, 5.74) is 0.824. The van der Waals surface area contributed by atoms with Crippen molar-refractivity contribution in [2.45, 2.75) is 91.5 Å². The third-order valence-electron chi connectivity index (χ3n) is 6.53. The summed E-state index contributed by atoms with van der Waals surface area (Å²) in [6.07, 6.45) is -2.60. The average molecular weight is 581 g/mol. The number of hydrogen-bond acceptors (Lipinski definition) is 9. The Morgan fingerprint density at radius 2 is 1.74 bits per heavy atom. The van der Waals surface area contributed by atoms with E-state index in [4.69, 9.17) is 32.6 Å². The second-order valence-corrected chi connectivity index (χ2v) is 16.0. The molecule has 4 saturated heterocycles. The maximum atomic E-state index is 11.6. The summed E-state index contributed by atoms with van der Waals surface area (Å²) in [4.78, 5) is 0.0663. The summed E-state index contributed by atoms with van der Waals surface area (Å²) in [7, 11) is -4.69. The van der Waals surface area contributed by atoms with Crippen molar-refractivity contribution in [1.29, 1.82) is 0 Å². The minimum atomic E-state index is -4.69.